The summed E-state index contributed by atoms with van der Waals surface area (Å²) in [6.45, 7) is 0.399. The van der Waals surface area contributed by atoms with Gasteiger partial charge in [0.15, 0.2) is 5.69 Å². The molecule has 0 aliphatic carbocycles. The van der Waals surface area contributed by atoms with Gasteiger partial charge in [-0.15, -0.1) is 0 Å². The number of aromatic carboxylic acids is 1. The first-order valence-corrected chi connectivity index (χ1v) is 6.15. The van der Waals surface area contributed by atoms with E-state index in [1.807, 2.05) is 0 Å². The number of anilines is 1. The molecule has 1 heterocycles. The molecule has 0 unspecified atom stereocenters. The Morgan fingerprint density at radius 2 is 2.25 bits per heavy atom. The number of hydrogen-bond donors (Lipinski definition) is 3. The number of rotatable bonds is 6. The fourth-order valence-corrected chi connectivity index (χ4v) is 1.33. The lowest BCUT2D eigenvalue weighted by molar-refractivity contribution is 0.0690. The van der Waals surface area contributed by atoms with E-state index in [-0.39, 0.29) is 24.8 Å². The number of hydrogen-bond acceptors (Lipinski definition) is 6. The van der Waals surface area contributed by atoms with Crippen molar-refractivity contribution in [3.63, 3.8) is 0 Å². The first-order valence-electron chi connectivity index (χ1n) is 4.26. The highest BCUT2D eigenvalue weighted by molar-refractivity contribution is 7.88. The van der Waals surface area contributed by atoms with Crippen LogP contribution >= 0.6 is 0 Å². The SMILES string of the molecule is CS(=O)(=O)NCCNc1nc(C(=O)O)co1. The van der Waals surface area contributed by atoms with Gasteiger partial charge in [0.25, 0.3) is 6.01 Å². The van der Waals surface area contributed by atoms with Crippen molar-refractivity contribution >= 4 is 22.0 Å². The highest BCUT2D eigenvalue weighted by Gasteiger charge is 2.09. The van der Waals surface area contributed by atoms with Crippen LogP contribution in [0.25, 0.3) is 0 Å². The van der Waals surface area contributed by atoms with Crippen molar-refractivity contribution < 1.29 is 22.7 Å². The summed E-state index contributed by atoms with van der Waals surface area (Å²) in [6.07, 6.45) is 2.04. The second kappa shape index (κ2) is 4.94. The van der Waals surface area contributed by atoms with Crippen LogP contribution in [0.15, 0.2) is 10.7 Å². The van der Waals surface area contributed by atoms with Gasteiger partial charge in [-0.1, -0.05) is 0 Å². The number of carbonyl (C=O) groups is 1. The number of aromatic nitrogens is 1. The zero-order valence-electron chi connectivity index (χ0n) is 8.43. The molecule has 1 aromatic rings. The number of nitrogens with one attached hydrogen (secondary N) is 2. The van der Waals surface area contributed by atoms with Gasteiger partial charge in [-0.25, -0.2) is 17.9 Å². The summed E-state index contributed by atoms with van der Waals surface area (Å²) in [5.74, 6) is -1.19. The van der Waals surface area contributed by atoms with E-state index in [1.54, 1.807) is 0 Å². The zero-order chi connectivity index (χ0) is 12.2. The van der Waals surface area contributed by atoms with Crippen molar-refractivity contribution in [3.8, 4) is 0 Å². The van der Waals surface area contributed by atoms with Crippen molar-refractivity contribution in [1.82, 2.24) is 9.71 Å². The molecule has 8 nitrogen and oxygen atoms in total. The summed E-state index contributed by atoms with van der Waals surface area (Å²) < 4.78 is 28.4. The Bertz CT molecular complexity index is 466. The predicted molar refractivity (Wildman–Crippen MR) is 54.8 cm³/mol. The lowest BCUT2D eigenvalue weighted by Crippen LogP contribution is -2.27. The van der Waals surface area contributed by atoms with Crippen LogP contribution in [-0.2, 0) is 10.0 Å². The highest BCUT2D eigenvalue weighted by Crippen LogP contribution is 2.06. The second-order valence-corrected chi connectivity index (χ2v) is 4.77. The first-order chi connectivity index (χ1) is 7.38. The van der Waals surface area contributed by atoms with E-state index in [4.69, 9.17) is 9.52 Å². The van der Waals surface area contributed by atoms with Gasteiger partial charge in [0.2, 0.25) is 10.0 Å². The molecule has 1 aromatic heterocycles. The topological polar surface area (TPSA) is 122 Å². The smallest absolute Gasteiger partial charge is 0.357 e. The maximum atomic E-state index is 10.7. The minimum absolute atomic E-state index is 0.0349. The van der Waals surface area contributed by atoms with Gasteiger partial charge in [-0.3, -0.25) is 0 Å². The van der Waals surface area contributed by atoms with Gasteiger partial charge in [0.1, 0.15) is 6.26 Å². The fourth-order valence-electron chi connectivity index (χ4n) is 0.859. The number of carboxylic acids is 1. The zero-order valence-corrected chi connectivity index (χ0v) is 9.24. The quantitative estimate of drug-likeness (QED) is 0.572. The molecule has 90 valence electrons. The second-order valence-electron chi connectivity index (χ2n) is 2.94. The summed E-state index contributed by atoms with van der Waals surface area (Å²) in [7, 11) is -3.22. The number of sulfonamides is 1. The molecule has 0 bridgehead atoms. The normalized spacial score (nSPS) is 11.3. The average Bonchev–Trinajstić information content (AvgIpc) is 2.59. The molecule has 3 N–H and O–H groups in total. The standard InChI is InChI=1S/C7H11N3O5S/c1-16(13,14)9-3-2-8-7-10-5(4-15-7)6(11)12/h4,9H,2-3H2,1H3,(H,8,10)(H,11,12). The molecule has 0 aliphatic heterocycles. The minimum Gasteiger partial charge on any atom is -0.476 e. The molecule has 0 saturated carbocycles. The third kappa shape index (κ3) is 4.28. The molecule has 1 rings (SSSR count). The molecule has 0 amide bonds. The fraction of sp³-hybridized carbons (Fsp3) is 0.429. The van der Waals surface area contributed by atoms with Crippen LogP contribution in [0.4, 0.5) is 6.01 Å². The van der Waals surface area contributed by atoms with E-state index in [2.05, 4.69) is 15.0 Å². The van der Waals surface area contributed by atoms with Crippen molar-refractivity contribution in [2.24, 2.45) is 0 Å². The Balaban J connectivity index is 2.35. The Hall–Kier alpha value is -1.61. The Labute approximate surface area is 91.7 Å². The van der Waals surface area contributed by atoms with E-state index >= 15 is 0 Å². The van der Waals surface area contributed by atoms with Crippen LogP contribution < -0.4 is 10.0 Å². The molecule has 0 aromatic carbocycles. The van der Waals surface area contributed by atoms with Gasteiger partial charge in [0.05, 0.1) is 6.26 Å². The van der Waals surface area contributed by atoms with Gasteiger partial charge in [-0.2, -0.15) is 4.98 Å². The van der Waals surface area contributed by atoms with E-state index in [0.29, 0.717) is 0 Å². The summed E-state index contributed by atoms with van der Waals surface area (Å²) in [4.78, 5) is 14.0. The Morgan fingerprint density at radius 1 is 1.56 bits per heavy atom. The van der Waals surface area contributed by atoms with Crippen LogP contribution in [0.1, 0.15) is 10.5 Å². The van der Waals surface area contributed by atoms with E-state index in [0.717, 1.165) is 12.5 Å². The van der Waals surface area contributed by atoms with Crippen molar-refractivity contribution in [3.05, 3.63) is 12.0 Å². The minimum atomic E-state index is -3.22. The monoisotopic (exact) mass is 249 g/mol. The third-order valence-electron chi connectivity index (χ3n) is 1.49. The molecule has 0 radical (unpaired) electrons. The van der Waals surface area contributed by atoms with Gasteiger partial charge in [-0.05, 0) is 0 Å². The van der Waals surface area contributed by atoms with E-state index in [1.165, 1.54) is 0 Å². The largest absolute Gasteiger partial charge is 0.476 e. The third-order valence-corrected chi connectivity index (χ3v) is 2.22. The van der Waals surface area contributed by atoms with E-state index in [9.17, 15) is 13.2 Å². The molecule has 0 atom stereocenters. The summed E-state index contributed by atoms with van der Waals surface area (Å²) in [5.41, 5.74) is -0.210. The van der Waals surface area contributed by atoms with Gasteiger partial charge in [0, 0.05) is 13.1 Å². The van der Waals surface area contributed by atoms with Gasteiger partial charge < -0.3 is 14.8 Å². The maximum absolute atomic E-state index is 10.7. The van der Waals surface area contributed by atoms with Gasteiger partial charge >= 0.3 is 5.97 Å². The van der Waals surface area contributed by atoms with Crippen LogP contribution in [0.2, 0.25) is 0 Å². The molecular formula is C7H11N3O5S. The summed E-state index contributed by atoms with van der Waals surface area (Å²) in [6, 6.07) is 0.0349. The number of oxazole rings is 1. The molecule has 16 heavy (non-hydrogen) atoms. The molecule has 0 fully saturated rings. The lowest BCUT2D eigenvalue weighted by atomic mass is 10.5. The molecule has 0 aliphatic rings. The predicted octanol–water partition coefficient (Wildman–Crippen LogP) is -0.666. The number of nitrogens with zero attached hydrogens (tertiary/aromatic N) is 1. The van der Waals surface area contributed by atoms with Crippen molar-refractivity contribution in [2.45, 2.75) is 0 Å². The molecular weight excluding hydrogens is 238 g/mol. The van der Waals surface area contributed by atoms with Crippen LogP contribution in [0.5, 0.6) is 0 Å². The highest BCUT2D eigenvalue weighted by atomic mass is 32.2. The molecule has 9 heteroatoms. The van der Waals surface area contributed by atoms with Crippen LogP contribution in [0.3, 0.4) is 0 Å². The van der Waals surface area contributed by atoms with Crippen molar-refractivity contribution in [2.75, 3.05) is 24.7 Å². The average molecular weight is 249 g/mol. The summed E-state index contributed by atoms with van der Waals surface area (Å²) >= 11 is 0. The lowest BCUT2D eigenvalue weighted by Gasteiger charge is -2.01. The van der Waals surface area contributed by atoms with Crippen molar-refractivity contribution in [1.29, 1.82) is 0 Å². The maximum Gasteiger partial charge on any atom is 0.357 e. The van der Waals surface area contributed by atoms with Crippen LogP contribution in [0, 0.1) is 0 Å². The molecule has 0 spiro atoms. The van der Waals surface area contributed by atoms with E-state index < -0.39 is 16.0 Å². The summed E-state index contributed by atoms with van der Waals surface area (Å²) in [5, 5.41) is 11.2. The Morgan fingerprint density at radius 3 is 2.75 bits per heavy atom. The van der Waals surface area contributed by atoms with Crippen LogP contribution in [-0.4, -0.2) is 43.8 Å². The Kier molecular flexibility index (Phi) is 3.85. The molecule has 0 saturated heterocycles. The first kappa shape index (κ1) is 12.5. The number of carboxylic acid groups (broad SMARTS) is 1.